The lowest BCUT2D eigenvalue weighted by molar-refractivity contribution is 0.0985. The van der Waals surface area contributed by atoms with E-state index in [0.717, 1.165) is 5.82 Å². The zero-order valence-electron chi connectivity index (χ0n) is 16.6. The Morgan fingerprint density at radius 3 is 2.76 bits per heavy atom. The number of morpholine rings is 1. The molecule has 2 aromatic rings. The molecule has 0 radical (unpaired) electrons. The van der Waals surface area contributed by atoms with Crippen molar-refractivity contribution in [3.05, 3.63) is 35.5 Å². The van der Waals surface area contributed by atoms with E-state index in [1.165, 1.54) is 12.5 Å². The molecule has 4 N–H and O–H groups in total. The maximum atomic E-state index is 12.8. The molecular formula is C20H26N6O2S. The highest BCUT2D eigenvalue weighted by molar-refractivity contribution is 7.92. The smallest absolute Gasteiger partial charge is 0.162 e. The van der Waals surface area contributed by atoms with Gasteiger partial charge in [-0.25, -0.2) is 14.2 Å². The van der Waals surface area contributed by atoms with Gasteiger partial charge in [0.05, 0.1) is 39.4 Å². The molecule has 2 aliphatic rings. The molecule has 1 aromatic heterocycles. The van der Waals surface area contributed by atoms with Gasteiger partial charge in [-0.15, -0.1) is 0 Å². The lowest BCUT2D eigenvalue weighted by atomic mass is 10.1. The highest BCUT2D eigenvalue weighted by Gasteiger charge is 2.53. The van der Waals surface area contributed by atoms with E-state index < -0.39 is 14.5 Å². The molecule has 2 heterocycles. The lowest BCUT2D eigenvalue weighted by Crippen LogP contribution is -2.44. The van der Waals surface area contributed by atoms with E-state index in [0.29, 0.717) is 60.9 Å². The van der Waals surface area contributed by atoms with Gasteiger partial charge in [0.25, 0.3) is 0 Å². The van der Waals surface area contributed by atoms with Crippen LogP contribution in [0.15, 0.2) is 24.3 Å². The third-order valence-electron chi connectivity index (χ3n) is 5.82. The first kappa shape index (κ1) is 19.8. The van der Waals surface area contributed by atoms with Crippen molar-refractivity contribution in [2.45, 2.75) is 30.6 Å². The minimum atomic E-state index is -2.83. The molecule has 1 aromatic carbocycles. The number of aromatic nitrogens is 2. The van der Waals surface area contributed by atoms with Crippen molar-refractivity contribution in [1.29, 1.82) is 10.2 Å². The number of hydrogen-bond donors (Lipinski definition) is 3. The van der Waals surface area contributed by atoms with Crippen LogP contribution < -0.4 is 10.6 Å². The Bertz CT molecular complexity index is 1060. The molecule has 4 rings (SSSR count). The fourth-order valence-electron chi connectivity index (χ4n) is 3.90. The van der Waals surface area contributed by atoms with E-state index in [1.54, 1.807) is 6.07 Å². The number of anilines is 2. The standard InChI is InChI=1S/C20H26N6O2S/c1-13-12-28-9-8-26(13)18-10-17(20(6-7-20)29(2,23)27)24-19(25-18)14-4-3-5-16(22)15(14)11-21/h3-5,10-11,13,21,23H,6-9,12,22H2,1-2H3/t13-,29?/m1/s1. The molecule has 154 valence electrons. The molecule has 1 unspecified atom stereocenters. The summed E-state index contributed by atoms with van der Waals surface area (Å²) in [4.78, 5) is 11.7. The monoisotopic (exact) mass is 414 g/mol. The molecule has 0 bridgehead atoms. The molecular weight excluding hydrogens is 388 g/mol. The largest absolute Gasteiger partial charge is 0.398 e. The number of nitrogens with one attached hydrogen (secondary N) is 2. The predicted octanol–water partition coefficient (Wildman–Crippen LogP) is 2.61. The molecule has 0 amide bonds. The summed E-state index contributed by atoms with van der Waals surface area (Å²) in [6, 6.07) is 7.41. The molecule has 8 nitrogen and oxygen atoms in total. The van der Waals surface area contributed by atoms with Crippen molar-refractivity contribution >= 4 is 27.4 Å². The van der Waals surface area contributed by atoms with Crippen molar-refractivity contribution in [3.8, 4) is 11.4 Å². The van der Waals surface area contributed by atoms with Crippen LogP contribution in [0.5, 0.6) is 0 Å². The lowest BCUT2D eigenvalue weighted by Gasteiger charge is -2.35. The first-order valence-electron chi connectivity index (χ1n) is 9.63. The summed E-state index contributed by atoms with van der Waals surface area (Å²) in [7, 11) is -2.83. The topological polar surface area (TPSA) is 129 Å². The van der Waals surface area contributed by atoms with Crippen LogP contribution in [-0.2, 0) is 19.2 Å². The molecule has 9 heteroatoms. The van der Waals surface area contributed by atoms with Gasteiger partial charge >= 0.3 is 0 Å². The summed E-state index contributed by atoms with van der Waals surface area (Å²) >= 11 is 0. The van der Waals surface area contributed by atoms with E-state index in [9.17, 15) is 4.21 Å². The summed E-state index contributed by atoms with van der Waals surface area (Å²) in [5, 5.41) is 7.78. The normalized spacial score (nSPS) is 22.7. The summed E-state index contributed by atoms with van der Waals surface area (Å²) in [5.74, 6) is 1.17. The maximum absolute atomic E-state index is 12.8. The highest BCUT2D eigenvalue weighted by Crippen LogP contribution is 2.52. The number of ether oxygens (including phenoxy) is 1. The average Bonchev–Trinajstić information content (AvgIpc) is 3.50. The fourth-order valence-corrected chi connectivity index (χ4v) is 5.29. The van der Waals surface area contributed by atoms with Crippen LogP contribution in [-0.4, -0.2) is 52.4 Å². The molecule has 1 aliphatic heterocycles. The number of nitrogens with zero attached hydrogens (tertiary/aromatic N) is 3. The maximum Gasteiger partial charge on any atom is 0.162 e. The SMILES string of the molecule is C[C@@H]1COCCN1c1cc(C2(S(C)(=N)=O)CC2)nc(-c2cccc(N)c2C=N)n1. The summed E-state index contributed by atoms with van der Waals surface area (Å²) < 4.78 is 25.8. The van der Waals surface area contributed by atoms with Gasteiger partial charge in [-0.2, -0.15) is 0 Å². The second-order valence-electron chi connectivity index (χ2n) is 7.84. The van der Waals surface area contributed by atoms with Crippen molar-refractivity contribution in [2.24, 2.45) is 0 Å². The molecule has 1 aliphatic carbocycles. The van der Waals surface area contributed by atoms with Gasteiger partial charge < -0.3 is 20.8 Å². The quantitative estimate of drug-likeness (QED) is 0.509. The van der Waals surface area contributed by atoms with Crippen molar-refractivity contribution in [2.75, 3.05) is 36.6 Å². The zero-order chi connectivity index (χ0) is 20.8. The first-order valence-corrected chi connectivity index (χ1v) is 11.6. The van der Waals surface area contributed by atoms with E-state index >= 15 is 0 Å². The van der Waals surface area contributed by atoms with E-state index in [1.807, 2.05) is 18.2 Å². The Balaban J connectivity index is 1.92. The third kappa shape index (κ3) is 3.38. The van der Waals surface area contributed by atoms with Crippen LogP contribution in [0.4, 0.5) is 11.5 Å². The van der Waals surface area contributed by atoms with Crippen LogP contribution in [0.1, 0.15) is 31.0 Å². The van der Waals surface area contributed by atoms with Gasteiger partial charge in [0.2, 0.25) is 0 Å². The third-order valence-corrected chi connectivity index (χ3v) is 7.92. The first-order chi connectivity index (χ1) is 13.8. The molecule has 0 spiro atoms. The summed E-state index contributed by atoms with van der Waals surface area (Å²) in [6.45, 7) is 3.98. The van der Waals surface area contributed by atoms with Gasteiger partial charge in [-0.3, -0.25) is 4.78 Å². The van der Waals surface area contributed by atoms with Crippen LogP contribution in [0.25, 0.3) is 11.4 Å². The second kappa shape index (κ2) is 7.07. The minimum Gasteiger partial charge on any atom is -0.398 e. The van der Waals surface area contributed by atoms with Crippen molar-refractivity contribution in [1.82, 2.24) is 9.97 Å². The molecule has 1 saturated heterocycles. The summed E-state index contributed by atoms with van der Waals surface area (Å²) in [5.41, 5.74) is 8.40. The van der Waals surface area contributed by atoms with Gasteiger partial charge in [-0.05, 0) is 25.8 Å². The van der Waals surface area contributed by atoms with Crippen molar-refractivity contribution in [3.63, 3.8) is 0 Å². The number of nitrogen functional groups attached to an aromatic ring is 1. The van der Waals surface area contributed by atoms with Gasteiger partial charge in [0, 0.05) is 41.9 Å². The zero-order valence-corrected chi connectivity index (χ0v) is 17.5. The Morgan fingerprint density at radius 2 is 2.14 bits per heavy atom. The minimum absolute atomic E-state index is 0.138. The second-order valence-corrected chi connectivity index (χ2v) is 10.3. The van der Waals surface area contributed by atoms with Gasteiger partial charge in [-0.1, -0.05) is 12.1 Å². The Morgan fingerprint density at radius 1 is 1.38 bits per heavy atom. The van der Waals surface area contributed by atoms with E-state index in [4.69, 9.17) is 30.6 Å². The van der Waals surface area contributed by atoms with E-state index in [2.05, 4.69) is 11.8 Å². The number of benzene rings is 1. The highest BCUT2D eigenvalue weighted by atomic mass is 32.2. The number of hydrogen-bond acceptors (Lipinski definition) is 8. The van der Waals surface area contributed by atoms with Gasteiger partial charge in [0.15, 0.2) is 5.82 Å². The van der Waals surface area contributed by atoms with Gasteiger partial charge in [0.1, 0.15) is 5.82 Å². The Kier molecular flexibility index (Phi) is 4.82. The molecule has 29 heavy (non-hydrogen) atoms. The summed E-state index contributed by atoms with van der Waals surface area (Å²) in [6.07, 6.45) is 4.05. The molecule has 1 saturated carbocycles. The van der Waals surface area contributed by atoms with Crippen LogP contribution in [0.3, 0.4) is 0 Å². The predicted molar refractivity (Wildman–Crippen MR) is 115 cm³/mol. The number of rotatable bonds is 5. The molecule has 2 atom stereocenters. The number of nitrogens with two attached hydrogens (primary N) is 1. The Hall–Kier alpha value is -2.52. The van der Waals surface area contributed by atoms with E-state index in [-0.39, 0.29) is 6.04 Å². The van der Waals surface area contributed by atoms with Crippen molar-refractivity contribution < 1.29 is 8.95 Å². The Labute approximate surface area is 171 Å². The van der Waals surface area contributed by atoms with Crippen LogP contribution in [0.2, 0.25) is 0 Å². The van der Waals surface area contributed by atoms with Crippen LogP contribution in [0, 0.1) is 10.2 Å². The van der Waals surface area contributed by atoms with Crippen LogP contribution >= 0.6 is 0 Å². The molecule has 2 fully saturated rings. The fraction of sp³-hybridized carbons (Fsp3) is 0.450. The average molecular weight is 415 g/mol.